The third kappa shape index (κ3) is 9.11. The number of aliphatic hydroxyl groups is 1. The Labute approximate surface area is 283 Å². The molecule has 0 aliphatic carbocycles. The van der Waals surface area contributed by atoms with E-state index in [1.807, 2.05) is 0 Å². The molecule has 0 radical (unpaired) electrons. The molecule has 8 heteroatoms. The summed E-state index contributed by atoms with van der Waals surface area (Å²) >= 11 is 12.5. The molecule has 1 heterocycles. The molecule has 0 amide bonds. The van der Waals surface area contributed by atoms with Crippen LogP contribution in [0.15, 0.2) is 48.5 Å². The molecule has 6 nitrogen and oxygen atoms in total. The molecule has 1 aliphatic rings. The summed E-state index contributed by atoms with van der Waals surface area (Å²) < 4.78 is 11.6. The second kappa shape index (κ2) is 17.8. The lowest BCUT2D eigenvalue weighted by molar-refractivity contribution is 0.0481. The highest BCUT2D eigenvalue weighted by Crippen LogP contribution is 2.54. The van der Waals surface area contributed by atoms with Gasteiger partial charge in [0, 0.05) is 28.8 Å². The highest BCUT2D eigenvalue weighted by atomic mass is 35.5. The molecule has 0 fully saturated rings. The Morgan fingerprint density at radius 1 is 0.674 bits per heavy atom. The summed E-state index contributed by atoms with van der Waals surface area (Å²) in [6, 6.07) is 12.0. The van der Waals surface area contributed by atoms with Crippen LogP contribution in [0.4, 0.5) is 0 Å². The van der Waals surface area contributed by atoms with Gasteiger partial charge in [-0.15, -0.1) is 0 Å². The largest absolute Gasteiger partial charge is 0.506 e. The number of fused-ring (bicyclic) bond motifs is 2. The zero-order valence-corrected chi connectivity index (χ0v) is 28.5. The predicted molar refractivity (Wildman–Crippen MR) is 185 cm³/mol. The number of carbonyl (C=O) groups excluding carboxylic acids is 1. The van der Waals surface area contributed by atoms with E-state index in [0.717, 1.165) is 19.3 Å². The van der Waals surface area contributed by atoms with Crippen LogP contribution in [0, 0.1) is 0 Å². The van der Waals surface area contributed by atoms with Gasteiger partial charge in [-0.05, 0) is 24.6 Å². The molecule has 0 bridgehead atoms. The minimum absolute atomic E-state index is 0.00217. The van der Waals surface area contributed by atoms with Gasteiger partial charge in [-0.3, -0.25) is 0 Å². The van der Waals surface area contributed by atoms with Crippen molar-refractivity contribution in [3.8, 4) is 23.0 Å². The summed E-state index contributed by atoms with van der Waals surface area (Å²) in [6.07, 6.45) is 20.3. The monoisotopic (exact) mass is 670 g/mol. The van der Waals surface area contributed by atoms with Crippen LogP contribution in [-0.4, -0.2) is 27.9 Å². The lowest BCUT2D eigenvalue weighted by Crippen LogP contribution is -2.34. The molecular weight excluding hydrogens is 623 g/mol. The van der Waals surface area contributed by atoms with E-state index in [9.17, 15) is 20.1 Å². The van der Waals surface area contributed by atoms with Crippen LogP contribution >= 0.6 is 23.2 Å². The molecule has 3 N–H and O–H groups in total. The summed E-state index contributed by atoms with van der Waals surface area (Å²) in [6.45, 7) is 2.54. The number of halogens is 2. The minimum Gasteiger partial charge on any atom is -0.506 e. The van der Waals surface area contributed by atoms with Crippen LogP contribution in [0.3, 0.4) is 0 Å². The normalized spacial score (nSPS) is 13.1. The van der Waals surface area contributed by atoms with Crippen LogP contribution in [0.1, 0.15) is 137 Å². The first-order valence-corrected chi connectivity index (χ1v) is 17.8. The summed E-state index contributed by atoms with van der Waals surface area (Å²) in [4.78, 5) is 13.4. The van der Waals surface area contributed by atoms with E-state index >= 15 is 0 Å². The lowest BCUT2D eigenvalue weighted by atomic mass is 9.76. The SMILES string of the molecule is CCCCCCCCCCCCCCCCCCOC(=O)c1ccccc1C1(O)c2cc(Cl)c(O)cc2Oc2cc(O)c(Cl)cc21. The van der Waals surface area contributed by atoms with E-state index in [4.69, 9.17) is 32.7 Å². The molecule has 0 unspecified atom stereocenters. The van der Waals surface area contributed by atoms with E-state index in [1.165, 1.54) is 108 Å². The fourth-order valence-corrected chi connectivity index (χ4v) is 6.57. The van der Waals surface area contributed by atoms with Crippen LogP contribution in [-0.2, 0) is 10.3 Å². The number of phenols is 2. The smallest absolute Gasteiger partial charge is 0.338 e. The Kier molecular flexibility index (Phi) is 13.9. The first-order valence-electron chi connectivity index (χ1n) is 17.0. The zero-order chi connectivity index (χ0) is 32.9. The highest BCUT2D eigenvalue weighted by molar-refractivity contribution is 6.32. The number of unbranched alkanes of at least 4 members (excludes halogenated alkanes) is 15. The van der Waals surface area contributed by atoms with Crippen molar-refractivity contribution in [3.63, 3.8) is 0 Å². The van der Waals surface area contributed by atoms with Crippen molar-refractivity contribution >= 4 is 29.2 Å². The van der Waals surface area contributed by atoms with Gasteiger partial charge in [0.2, 0.25) is 0 Å². The highest BCUT2D eigenvalue weighted by Gasteiger charge is 2.45. The van der Waals surface area contributed by atoms with Crippen molar-refractivity contribution < 1.29 is 29.6 Å². The van der Waals surface area contributed by atoms with Gasteiger partial charge in [0.15, 0.2) is 0 Å². The van der Waals surface area contributed by atoms with E-state index in [0.29, 0.717) is 0 Å². The van der Waals surface area contributed by atoms with Gasteiger partial charge < -0.3 is 24.8 Å². The topological polar surface area (TPSA) is 96.2 Å². The van der Waals surface area contributed by atoms with Gasteiger partial charge in [0.1, 0.15) is 28.6 Å². The van der Waals surface area contributed by atoms with E-state index in [1.54, 1.807) is 24.3 Å². The number of hydrogen-bond acceptors (Lipinski definition) is 6. The van der Waals surface area contributed by atoms with Gasteiger partial charge in [-0.25, -0.2) is 4.79 Å². The average Bonchev–Trinajstić information content (AvgIpc) is 3.04. The molecule has 46 heavy (non-hydrogen) atoms. The van der Waals surface area contributed by atoms with Crippen molar-refractivity contribution in [3.05, 3.63) is 80.8 Å². The van der Waals surface area contributed by atoms with Crippen molar-refractivity contribution in [2.75, 3.05) is 6.61 Å². The number of carbonyl (C=O) groups is 1. The Balaban J connectivity index is 1.27. The molecule has 0 atom stereocenters. The standard InChI is InChI=1S/C38H48Cl2O6/c1-2-3-4-5-6-7-8-9-10-11-12-13-14-15-16-19-22-45-37(43)27-20-17-18-21-28(27)38(44)29-23-31(39)33(41)25-35(29)46-36-26-34(42)32(40)24-30(36)38/h17-18,20-21,23-26,41-42,44H,2-16,19,22H2,1H3. The van der Waals surface area contributed by atoms with E-state index < -0.39 is 11.6 Å². The number of rotatable bonds is 19. The van der Waals surface area contributed by atoms with Crippen LogP contribution in [0.25, 0.3) is 0 Å². The van der Waals surface area contributed by atoms with Gasteiger partial charge in [0.05, 0.1) is 22.2 Å². The third-order valence-corrected chi connectivity index (χ3v) is 9.47. The Morgan fingerprint density at radius 3 is 1.59 bits per heavy atom. The second-order valence-electron chi connectivity index (χ2n) is 12.4. The van der Waals surface area contributed by atoms with Gasteiger partial charge in [-0.2, -0.15) is 0 Å². The molecule has 3 aromatic rings. The predicted octanol–water partition coefficient (Wildman–Crippen LogP) is 11.2. The molecular formula is C38H48Cl2O6. The first-order chi connectivity index (χ1) is 22.3. The molecule has 250 valence electrons. The molecule has 0 saturated carbocycles. The van der Waals surface area contributed by atoms with Crippen molar-refractivity contribution in [2.24, 2.45) is 0 Å². The second-order valence-corrected chi connectivity index (χ2v) is 13.2. The number of hydrogen-bond donors (Lipinski definition) is 3. The van der Waals surface area contributed by atoms with E-state index in [-0.39, 0.29) is 61.9 Å². The maximum atomic E-state index is 13.4. The number of phenolic OH excluding ortho intramolecular Hbond substituents is 2. The van der Waals surface area contributed by atoms with Crippen LogP contribution in [0.2, 0.25) is 10.0 Å². The molecule has 0 aromatic heterocycles. The maximum Gasteiger partial charge on any atom is 0.338 e. The molecule has 0 saturated heterocycles. The third-order valence-electron chi connectivity index (χ3n) is 8.87. The van der Waals surface area contributed by atoms with Crippen molar-refractivity contribution in [1.29, 1.82) is 0 Å². The lowest BCUT2D eigenvalue weighted by Gasteiger charge is -2.37. The van der Waals surface area contributed by atoms with Crippen LogP contribution in [0.5, 0.6) is 23.0 Å². The number of ether oxygens (including phenoxy) is 2. The molecule has 0 spiro atoms. The van der Waals surface area contributed by atoms with Gasteiger partial charge in [0.25, 0.3) is 0 Å². The zero-order valence-electron chi connectivity index (χ0n) is 27.0. The van der Waals surface area contributed by atoms with Crippen molar-refractivity contribution in [2.45, 2.75) is 115 Å². The van der Waals surface area contributed by atoms with Gasteiger partial charge >= 0.3 is 5.97 Å². The minimum atomic E-state index is -1.96. The Hall–Kier alpha value is -2.93. The fourth-order valence-electron chi connectivity index (χ4n) is 6.24. The van der Waals surface area contributed by atoms with Crippen molar-refractivity contribution in [1.82, 2.24) is 0 Å². The number of aromatic hydroxyl groups is 2. The molecule has 1 aliphatic heterocycles. The first kappa shape index (κ1) is 35.9. The quantitative estimate of drug-likeness (QED) is 0.0867. The summed E-state index contributed by atoms with van der Waals surface area (Å²) in [5.74, 6) is -0.800. The summed E-state index contributed by atoms with van der Waals surface area (Å²) in [5.41, 5.74) is -1.12. The molecule has 4 rings (SSSR count). The molecule has 3 aromatic carbocycles. The Bertz CT molecular complexity index is 1380. The van der Waals surface area contributed by atoms with Gasteiger partial charge in [-0.1, -0.05) is 145 Å². The Morgan fingerprint density at radius 2 is 1.11 bits per heavy atom. The maximum absolute atomic E-state index is 13.4. The van der Waals surface area contributed by atoms with Crippen LogP contribution < -0.4 is 4.74 Å². The average molecular weight is 672 g/mol. The number of benzene rings is 3. The fraction of sp³-hybridized carbons (Fsp3) is 0.500. The number of esters is 1. The summed E-state index contributed by atoms with van der Waals surface area (Å²) in [7, 11) is 0. The van der Waals surface area contributed by atoms with E-state index in [2.05, 4.69) is 6.92 Å². The summed E-state index contributed by atoms with van der Waals surface area (Å²) in [5, 5.41) is 32.9.